The molecule has 0 saturated carbocycles. The van der Waals surface area contributed by atoms with Crippen LogP contribution in [0.2, 0.25) is 0 Å². The third-order valence-electron chi connectivity index (χ3n) is 2.67. The topological polar surface area (TPSA) is 45.2 Å². The first kappa shape index (κ1) is 13.1. The van der Waals surface area contributed by atoms with Crippen molar-refractivity contribution < 1.29 is 5.11 Å². The summed E-state index contributed by atoms with van der Waals surface area (Å²) in [6.07, 6.45) is 6.00. The molecule has 0 aliphatic rings. The molecule has 3 nitrogen and oxygen atoms in total. The summed E-state index contributed by atoms with van der Waals surface area (Å²) in [6.45, 7) is 4.31. The minimum atomic E-state index is 0.306. The van der Waals surface area contributed by atoms with Crippen LogP contribution < -0.4 is 5.32 Å². The largest absolute Gasteiger partial charge is 0.396 e. The van der Waals surface area contributed by atoms with Crippen molar-refractivity contribution in [3.05, 3.63) is 29.6 Å². The van der Waals surface area contributed by atoms with E-state index in [-0.39, 0.29) is 0 Å². The summed E-state index contributed by atoms with van der Waals surface area (Å²) in [6, 6.07) is 4.12. The second-order valence-electron chi connectivity index (χ2n) is 3.92. The molecule has 1 rings (SSSR count). The van der Waals surface area contributed by atoms with Crippen LogP contribution in [0.3, 0.4) is 0 Å². The molecule has 0 bridgehead atoms. The van der Waals surface area contributed by atoms with Gasteiger partial charge in [0.1, 0.15) is 0 Å². The van der Waals surface area contributed by atoms with E-state index in [4.69, 9.17) is 5.11 Å². The fourth-order valence-electron chi connectivity index (χ4n) is 1.70. The van der Waals surface area contributed by atoms with Gasteiger partial charge in [-0.1, -0.05) is 13.0 Å². The summed E-state index contributed by atoms with van der Waals surface area (Å²) in [5.74, 6) is 0. The number of nitrogens with one attached hydrogen (secondary N) is 1. The van der Waals surface area contributed by atoms with Gasteiger partial charge in [0.15, 0.2) is 0 Å². The number of hydrogen-bond acceptors (Lipinski definition) is 3. The molecule has 0 aliphatic carbocycles. The zero-order valence-electron chi connectivity index (χ0n) is 10.1. The van der Waals surface area contributed by atoms with E-state index < -0.39 is 0 Å². The fourth-order valence-corrected chi connectivity index (χ4v) is 1.70. The van der Waals surface area contributed by atoms with Crippen LogP contribution in [-0.2, 0) is 13.0 Å². The molecule has 1 aromatic heterocycles. The summed E-state index contributed by atoms with van der Waals surface area (Å²) in [7, 11) is 0. The van der Waals surface area contributed by atoms with Gasteiger partial charge >= 0.3 is 0 Å². The molecular weight excluding hydrogens is 200 g/mol. The van der Waals surface area contributed by atoms with Crippen LogP contribution in [-0.4, -0.2) is 23.2 Å². The molecule has 0 spiro atoms. The van der Waals surface area contributed by atoms with Crippen molar-refractivity contribution in [1.29, 1.82) is 0 Å². The Morgan fingerprint density at radius 1 is 1.31 bits per heavy atom. The van der Waals surface area contributed by atoms with Gasteiger partial charge in [-0.2, -0.15) is 0 Å². The molecule has 0 aliphatic heterocycles. The second-order valence-corrected chi connectivity index (χ2v) is 3.92. The lowest BCUT2D eigenvalue weighted by atomic mass is 10.1. The fraction of sp³-hybridized carbons (Fsp3) is 0.615. The molecule has 0 saturated heterocycles. The lowest BCUT2D eigenvalue weighted by molar-refractivity contribution is 0.283. The molecule has 1 aromatic rings. The van der Waals surface area contributed by atoms with E-state index in [1.807, 2.05) is 12.3 Å². The number of unbranched alkanes of at least 4 members (excludes halogenated alkanes) is 2. The third kappa shape index (κ3) is 4.73. The van der Waals surface area contributed by atoms with Crippen LogP contribution in [0.15, 0.2) is 18.3 Å². The van der Waals surface area contributed by atoms with E-state index in [0.29, 0.717) is 6.61 Å². The van der Waals surface area contributed by atoms with Crippen LogP contribution in [0, 0.1) is 0 Å². The quantitative estimate of drug-likeness (QED) is 0.660. The maximum absolute atomic E-state index is 8.64. The van der Waals surface area contributed by atoms with Gasteiger partial charge in [0.05, 0.1) is 5.69 Å². The number of aryl methyl sites for hydroxylation is 1. The molecule has 16 heavy (non-hydrogen) atoms. The first-order valence-electron chi connectivity index (χ1n) is 6.12. The molecule has 1 heterocycles. The molecule has 0 amide bonds. The monoisotopic (exact) mass is 222 g/mol. The first-order valence-corrected chi connectivity index (χ1v) is 6.12. The van der Waals surface area contributed by atoms with Gasteiger partial charge in [-0.25, -0.2) is 0 Å². The lowest BCUT2D eigenvalue weighted by Gasteiger charge is -2.07. The van der Waals surface area contributed by atoms with Crippen molar-refractivity contribution in [2.45, 2.75) is 39.2 Å². The number of hydrogen-bond donors (Lipinski definition) is 2. The highest BCUT2D eigenvalue weighted by molar-refractivity contribution is 5.19. The number of nitrogens with zero attached hydrogens (tertiary/aromatic N) is 1. The average Bonchev–Trinajstić information content (AvgIpc) is 2.34. The first-order chi connectivity index (χ1) is 7.88. The van der Waals surface area contributed by atoms with E-state index >= 15 is 0 Å². The van der Waals surface area contributed by atoms with Gasteiger partial charge in [-0.05, 0) is 43.9 Å². The smallest absolute Gasteiger partial charge is 0.0573 e. The Morgan fingerprint density at radius 2 is 2.19 bits per heavy atom. The van der Waals surface area contributed by atoms with Gasteiger partial charge in [-0.15, -0.1) is 0 Å². The normalized spacial score (nSPS) is 10.6. The van der Waals surface area contributed by atoms with Crippen LogP contribution >= 0.6 is 0 Å². The molecule has 3 heteroatoms. The summed E-state index contributed by atoms with van der Waals surface area (Å²) >= 11 is 0. The molecule has 0 aromatic carbocycles. The summed E-state index contributed by atoms with van der Waals surface area (Å²) in [5.41, 5.74) is 2.48. The Hall–Kier alpha value is -0.930. The van der Waals surface area contributed by atoms with Crippen LogP contribution in [0.4, 0.5) is 0 Å². The zero-order chi connectivity index (χ0) is 11.6. The zero-order valence-corrected chi connectivity index (χ0v) is 10.1. The van der Waals surface area contributed by atoms with Gasteiger partial charge < -0.3 is 10.4 Å². The SMILES string of the molecule is CCc1cccnc1CNCCCCCO. The van der Waals surface area contributed by atoms with Crippen LogP contribution in [0.1, 0.15) is 37.4 Å². The number of rotatable bonds is 8. The van der Waals surface area contributed by atoms with Gasteiger partial charge in [0.25, 0.3) is 0 Å². The van der Waals surface area contributed by atoms with Crippen molar-refractivity contribution in [2.75, 3.05) is 13.2 Å². The maximum Gasteiger partial charge on any atom is 0.0573 e. The van der Waals surface area contributed by atoms with Crippen LogP contribution in [0.25, 0.3) is 0 Å². The highest BCUT2D eigenvalue weighted by atomic mass is 16.2. The van der Waals surface area contributed by atoms with E-state index in [9.17, 15) is 0 Å². The molecule has 0 atom stereocenters. The molecular formula is C13H22N2O. The Bertz CT molecular complexity index is 289. The summed E-state index contributed by atoms with van der Waals surface area (Å²) in [5, 5.41) is 12.0. The minimum Gasteiger partial charge on any atom is -0.396 e. The number of aliphatic hydroxyl groups is 1. The van der Waals surface area contributed by atoms with E-state index in [1.54, 1.807) is 0 Å². The Balaban J connectivity index is 2.21. The average molecular weight is 222 g/mol. The molecule has 90 valence electrons. The molecule has 2 N–H and O–H groups in total. The van der Waals surface area contributed by atoms with Crippen molar-refractivity contribution in [3.63, 3.8) is 0 Å². The molecule has 0 fully saturated rings. The highest BCUT2D eigenvalue weighted by Gasteiger charge is 1.99. The van der Waals surface area contributed by atoms with Gasteiger partial charge in [0, 0.05) is 19.3 Å². The predicted octanol–water partition coefficient (Wildman–Crippen LogP) is 1.90. The predicted molar refractivity (Wildman–Crippen MR) is 66.3 cm³/mol. The number of aliphatic hydroxyl groups excluding tert-OH is 1. The van der Waals surface area contributed by atoms with Crippen molar-refractivity contribution >= 4 is 0 Å². The van der Waals surface area contributed by atoms with Crippen molar-refractivity contribution in [2.24, 2.45) is 0 Å². The van der Waals surface area contributed by atoms with Crippen LogP contribution in [0.5, 0.6) is 0 Å². The van der Waals surface area contributed by atoms with Gasteiger partial charge in [0.2, 0.25) is 0 Å². The van der Waals surface area contributed by atoms with Crippen molar-refractivity contribution in [1.82, 2.24) is 10.3 Å². The Kier molecular flexibility index (Phi) is 6.77. The molecule has 0 radical (unpaired) electrons. The minimum absolute atomic E-state index is 0.306. The lowest BCUT2D eigenvalue weighted by Crippen LogP contribution is -2.16. The molecule has 0 unspecified atom stereocenters. The highest BCUT2D eigenvalue weighted by Crippen LogP contribution is 2.05. The Morgan fingerprint density at radius 3 is 2.94 bits per heavy atom. The summed E-state index contributed by atoms with van der Waals surface area (Å²) in [4.78, 5) is 4.38. The second kappa shape index (κ2) is 8.25. The van der Waals surface area contributed by atoms with E-state index in [0.717, 1.165) is 44.5 Å². The third-order valence-corrected chi connectivity index (χ3v) is 2.67. The van der Waals surface area contributed by atoms with Crippen molar-refractivity contribution in [3.8, 4) is 0 Å². The Labute approximate surface area is 97.9 Å². The van der Waals surface area contributed by atoms with Gasteiger partial charge in [-0.3, -0.25) is 4.98 Å². The number of aromatic nitrogens is 1. The van der Waals surface area contributed by atoms with E-state index in [1.165, 1.54) is 5.56 Å². The summed E-state index contributed by atoms with van der Waals surface area (Å²) < 4.78 is 0. The standard InChI is InChI=1S/C13H22N2O/c1-2-12-7-6-9-15-13(12)11-14-8-4-3-5-10-16/h6-7,9,14,16H,2-5,8,10-11H2,1H3. The van der Waals surface area contributed by atoms with E-state index in [2.05, 4.69) is 23.3 Å². The maximum atomic E-state index is 8.64. The number of pyridine rings is 1.